The molecule has 0 fully saturated rings. The van der Waals surface area contributed by atoms with Crippen LogP contribution in [0.4, 0.5) is 0 Å². The van der Waals surface area contributed by atoms with Gasteiger partial charge in [-0.1, -0.05) is 18.9 Å². The number of terminal acetylenes is 1. The fourth-order valence-corrected chi connectivity index (χ4v) is 1.33. The molecule has 1 rings (SSSR count). The summed E-state index contributed by atoms with van der Waals surface area (Å²) in [6.07, 6.45) is 5.28. The molecule has 0 saturated heterocycles. The molecule has 1 aromatic rings. The molecule has 0 aromatic carbocycles. The van der Waals surface area contributed by atoms with Gasteiger partial charge in [0.1, 0.15) is 0 Å². The molecule has 0 radical (unpaired) electrons. The maximum atomic E-state index is 5.28. The second-order valence-corrected chi connectivity index (χ2v) is 3.28. The van der Waals surface area contributed by atoms with Crippen LogP contribution in [-0.2, 0) is 6.54 Å². The van der Waals surface area contributed by atoms with Crippen molar-refractivity contribution in [3.05, 3.63) is 29.6 Å². The van der Waals surface area contributed by atoms with Gasteiger partial charge in [0.25, 0.3) is 0 Å². The lowest BCUT2D eigenvalue weighted by atomic mass is 10.3. The summed E-state index contributed by atoms with van der Waals surface area (Å²) in [6.45, 7) is 6.59. The van der Waals surface area contributed by atoms with Gasteiger partial charge in [-0.3, -0.25) is 9.88 Å². The van der Waals surface area contributed by atoms with E-state index in [0.29, 0.717) is 6.54 Å². The van der Waals surface area contributed by atoms with Crippen LogP contribution in [0.25, 0.3) is 0 Å². The van der Waals surface area contributed by atoms with Crippen LogP contribution in [0.2, 0.25) is 0 Å². The van der Waals surface area contributed by atoms with Crippen molar-refractivity contribution in [1.82, 2.24) is 9.88 Å². The molecule has 0 saturated carbocycles. The van der Waals surface area contributed by atoms with Crippen molar-refractivity contribution in [1.29, 1.82) is 0 Å². The van der Waals surface area contributed by atoms with Crippen LogP contribution in [0.5, 0.6) is 0 Å². The summed E-state index contributed by atoms with van der Waals surface area (Å²) in [7, 11) is 0. The van der Waals surface area contributed by atoms with Crippen molar-refractivity contribution >= 4 is 0 Å². The lowest BCUT2D eigenvalue weighted by molar-refractivity contribution is 0.312. The zero-order valence-corrected chi connectivity index (χ0v) is 8.83. The van der Waals surface area contributed by atoms with Gasteiger partial charge in [-0.25, -0.2) is 0 Å². The molecule has 1 heterocycles. The molecule has 0 spiro atoms. The Hall–Kier alpha value is -1.33. The van der Waals surface area contributed by atoms with E-state index in [1.807, 2.05) is 25.1 Å². The smallest absolute Gasteiger partial charge is 0.0602 e. The third kappa shape index (κ3) is 3.20. The largest absolute Gasteiger partial charge is 0.287 e. The molecule has 0 bridgehead atoms. The highest BCUT2D eigenvalue weighted by Gasteiger charge is 2.02. The van der Waals surface area contributed by atoms with Crippen LogP contribution in [0, 0.1) is 19.3 Å². The van der Waals surface area contributed by atoms with Crippen LogP contribution < -0.4 is 0 Å². The molecule has 1 aromatic heterocycles. The zero-order valence-electron chi connectivity index (χ0n) is 8.83. The Balaban J connectivity index is 2.63. The van der Waals surface area contributed by atoms with Gasteiger partial charge in [0, 0.05) is 12.2 Å². The molecule has 14 heavy (non-hydrogen) atoms. The second kappa shape index (κ2) is 5.41. The summed E-state index contributed by atoms with van der Waals surface area (Å²) in [5, 5.41) is 0. The second-order valence-electron chi connectivity index (χ2n) is 3.28. The van der Waals surface area contributed by atoms with E-state index in [4.69, 9.17) is 6.42 Å². The fraction of sp³-hybridized carbons (Fsp3) is 0.417. The lowest BCUT2D eigenvalue weighted by Gasteiger charge is -2.16. The molecule has 2 heteroatoms. The SMILES string of the molecule is C#CCN(CC)Cc1cccc(C)n1. The number of hydrogen-bond donors (Lipinski definition) is 0. The molecule has 0 aliphatic rings. The predicted octanol–water partition coefficient (Wildman–Crippen LogP) is 1.85. The number of hydrogen-bond acceptors (Lipinski definition) is 2. The summed E-state index contributed by atoms with van der Waals surface area (Å²) in [6, 6.07) is 6.06. The Morgan fingerprint density at radius 1 is 1.50 bits per heavy atom. The number of aromatic nitrogens is 1. The van der Waals surface area contributed by atoms with E-state index in [2.05, 4.69) is 22.7 Å². The fourth-order valence-electron chi connectivity index (χ4n) is 1.33. The van der Waals surface area contributed by atoms with Gasteiger partial charge in [-0.15, -0.1) is 6.42 Å². The Kier molecular flexibility index (Phi) is 4.15. The lowest BCUT2D eigenvalue weighted by Crippen LogP contribution is -2.23. The van der Waals surface area contributed by atoms with E-state index in [-0.39, 0.29) is 0 Å². The van der Waals surface area contributed by atoms with E-state index in [9.17, 15) is 0 Å². The number of rotatable bonds is 4. The minimum absolute atomic E-state index is 0.687. The van der Waals surface area contributed by atoms with Gasteiger partial charge >= 0.3 is 0 Å². The minimum Gasteiger partial charge on any atom is -0.287 e. The van der Waals surface area contributed by atoms with Gasteiger partial charge in [0.15, 0.2) is 0 Å². The zero-order chi connectivity index (χ0) is 10.4. The average molecular weight is 188 g/mol. The molecule has 0 aliphatic heterocycles. The first-order valence-corrected chi connectivity index (χ1v) is 4.84. The van der Waals surface area contributed by atoms with Crippen molar-refractivity contribution in [3.63, 3.8) is 0 Å². The summed E-state index contributed by atoms with van der Waals surface area (Å²) < 4.78 is 0. The summed E-state index contributed by atoms with van der Waals surface area (Å²) in [5.74, 6) is 2.65. The Bertz CT molecular complexity index is 325. The normalized spacial score (nSPS) is 10.1. The minimum atomic E-state index is 0.687. The van der Waals surface area contributed by atoms with Crippen molar-refractivity contribution in [2.45, 2.75) is 20.4 Å². The van der Waals surface area contributed by atoms with E-state index < -0.39 is 0 Å². The van der Waals surface area contributed by atoms with Gasteiger partial charge < -0.3 is 0 Å². The topological polar surface area (TPSA) is 16.1 Å². The Morgan fingerprint density at radius 3 is 2.86 bits per heavy atom. The first-order chi connectivity index (χ1) is 6.76. The van der Waals surface area contributed by atoms with Crippen LogP contribution in [0.1, 0.15) is 18.3 Å². The van der Waals surface area contributed by atoms with E-state index in [0.717, 1.165) is 24.5 Å². The van der Waals surface area contributed by atoms with Gasteiger partial charge in [0.2, 0.25) is 0 Å². The van der Waals surface area contributed by atoms with Crippen molar-refractivity contribution in [3.8, 4) is 12.3 Å². The van der Waals surface area contributed by atoms with Gasteiger partial charge in [-0.05, 0) is 25.6 Å². The first kappa shape index (κ1) is 10.7. The molecule has 0 atom stereocenters. The highest BCUT2D eigenvalue weighted by molar-refractivity contribution is 5.10. The van der Waals surface area contributed by atoms with Crippen LogP contribution in [0.15, 0.2) is 18.2 Å². The number of nitrogens with zero attached hydrogens (tertiary/aromatic N) is 2. The van der Waals surface area contributed by atoms with Crippen LogP contribution in [0.3, 0.4) is 0 Å². The van der Waals surface area contributed by atoms with E-state index in [1.54, 1.807) is 0 Å². The third-order valence-corrected chi connectivity index (χ3v) is 2.09. The summed E-state index contributed by atoms with van der Waals surface area (Å²) in [4.78, 5) is 6.62. The molecule has 2 nitrogen and oxygen atoms in total. The van der Waals surface area contributed by atoms with Gasteiger partial charge in [0.05, 0.1) is 12.2 Å². The average Bonchev–Trinajstić information content (AvgIpc) is 2.17. The standard InChI is InChI=1S/C12H16N2/c1-4-9-14(5-2)10-12-8-6-7-11(3)13-12/h1,6-8H,5,9-10H2,2-3H3. The molecule has 74 valence electrons. The Morgan fingerprint density at radius 2 is 2.29 bits per heavy atom. The van der Waals surface area contributed by atoms with E-state index in [1.165, 1.54) is 0 Å². The molecule has 0 amide bonds. The van der Waals surface area contributed by atoms with Crippen molar-refractivity contribution in [2.75, 3.05) is 13.1 Å². The molecular formula is C12H16N2. The van der Waals surface area contributed by atoms with Crippen molar-refractivity contribution in [2.24, 2.45) is 0 Å². The first-order valence-electron chi connectivity index (χ1n) is 4.84. The highest BCUT2D eigenvalue weighted by Crippen LogP contribution is 2.02. The monoisotopic (exact) mass is 188 g/mol. The molecule has 0 unspecified atom stereocenters. The number of pyridine rings is 1. The third-order valence-electron chi connectivity index (χ3n) is 2.09. The maximum absolute atomic E-state index is 5.28. The highest BCUT2D eigenvalue weighted by atomic mass is 15.1. The number of aryl methyl sites for hydroxylation is 1. The predicted molar refractivity (Wildman–Crippen MR) is 58.8 cm³/mol. The maximum Gasteiger partial charge on any atom is 0.0602 e. The van der Waals surface area contributed by atoms with E-state index >= 15 is 0 Å². The van der Waals surface area contributed by atoms with Crippen LogP contribution >= 0.6 is 0 Å². The summed E-state index contributed by atoms with van der Waals surface area (Å²) >= 11 is 0. The molecule has 0 aliphatic carbocycles. The van der Waals surface area contributed by atoms with Gasteiger partial charge in [-0.2, -0.15) is 0 Å². The van der Waals surface area contributed by atoms with Crippen LogP contribution in [-0.4, -0.2) is 23.0 Å². The molecular weight excluding hydrogens is 172 g/mol. The van der Waals surface area contributed by atoms with Crippen molar-refractivity contribution < 1.29 is 0 Å². The summed E-state index contributed by atoms with van der Waals surface area (Å²) in [5.41, 5.74) is 2.14. The Labute approximate surface area is 86.0 Å². The molecule has 0 N–H and O–H groups in total. The quantitative estimate of drug-likeness (QED) is 0.670.